The number of halogens is 1. The van der Waals surface area contributed by atoms with Crippen molar-refractivity contribution in [2.45, 2.75) is 107 Å². The van der Waals surface area contributed by atoms with Crippen LogP contribution in [0.1, 0.15) is 96.6 Å². The highest BCUT2D eigenvalue weighted by atomic mass is 35.5. The summed E-state index contributed by atoms with van der Waals surface area (Å²) in [5, 5.41) is 25.8. The molecule has 1 aliphatic carbocycles. The molecule has 5 aliphatic heterocycles. The molecule has 8 rings (SSSR count). The predicted molar refractivity (Wildman–Crippen MR) is 285 cm³/mol. The molecule has 6 aliphatic rings. The monoisotopic (exact) mass is 1000 g/mol. The van der Waals surface area contributed by atoms with Crippen LogP contribution in [0.2, 0.25) is 0 Å². The summed E-state index contributed by atoms with van der Waals surface area (Å²) in [6.07, 6.45) is 15.7. The number of nitrogens with zero attached hydrogens (tertiary/aromatic N) is 2. The molecule has 0 spiro atoms. The quantitative estimate of drug-likeness (QED) is 0.0686. The fourth-order valence-electron chi connectivity index (χ4n) is 11.0. The molecule has 5 heterocycles. The van der Waals surface area contributed by atoms with Gasteiger partial charge in [-0.05, 0) is 87.6 Å². The third kappa shape index (κ3) is 13.9. The summed E-state index contributed by atoms with van der Waals surface area (Å²) < 4.78 is 36.5. The summed E-state index contributed by atoms with van der Waals surface area (Å²) >= 11 is 7.32. The highest BCUT2D eigenvalue weighted by Crippen LogP contribution is 2.48. The maximum Gasteiger partial charge on any atom is 0.220 e. The number of hydrogen-bond donors (Lipinski definition) is 8. The first-order chi connectivity index (χ1) is 33.5. The van der Waals surface area contributed by atoms with Crippen molar-refractivity contribution in [1.82, 2.24) is 37.2 Å². The van der Waals surface area contributed by atoms with Crippen molar-refractivity contribution in [1.29, 1.82) is 0 Å². The molecule has 0 atom stereocenters. The van der Waals surface area contributed by atoms with E-state index in [-0.39, 0.29) is 28.0 Å². The van der Waals surface area contributed by atoms with Gasteiger partial charge in [-0.15, -0.1) is 0 Å². The summed E-state index contributed by atoms with van der Waals surface area (Å²) in [7, 11) is -4.26. The lowest BCUT2D eigenvalue weighted by atomic mass is 9.81. The Hall–Kier alpha value is -3.74. The summed E-state index contributed by atoms with van der Waals surface area (Å²) in [5.41, 5.74) is 14.9. The smallest absolute Gasteiger partial charge is 0.220 e. The lowest BCUT2D eigenvalue weighted by Crippen LogP contribution is -2.67. The van der Waals surface area contributed by atoms with E-state index in [1.54, 1.807) is 0 Å². The minimum absolute atomic E-state index is 0.0844. The minimum Gasteiger partial charge on any atom is -0.748 e. The van der Waals surface area contributed by atoms with E-state index in [4.69, 9.17) is 17.3 Å². The van der Waals surface area contributed by atoms with Crippen molar-refractivity contribution < 1.29 is 22.3 Å². The van der Waals surface area contributed by atoms with Crippen LogP contribution in [0, 0.1) is 0 Å². The van der Waals surface area contributed by atoms with Crippen LogP contribution in [0.4, 0.5) is 11.4 Å². The first kappa shape index (κ1) is 54.0. The summed E-state index contributed by atoms with van der Waals surface area (Å²) in [6, 6.07) is 17.1. The average Bonchev–Trinajstić information content (AvgIpc) is 3.67. The standard InChI is InChI=1S/C54H81ClN10O4S/c1-51(2)43-17-7-9-19-45(43)64(32-11-5-6-21-49(66)63-54-38-60-29-26-57-35-53(56,36-58-27-30-61-39-54)37-59-28-31-62-40-54)47(51)24-22-41-15-14-16-42(50(41)55)23-25-48-52(3,4)44-18-8-10-20-46(44)65(48)33-12-13-34-70(67,68)69/h7-10,17-20,22-25,57-62H,5-6,11-16,21,26-40,56H2,1-4H3,(H-,63,66,67,68,69). The predicted octanol–water partition coefficient (Wildman–Crippen LogP) is 4.91. The van der Waals surface area contributed by atoms with Gasteiger partial charge in [-0.25, -0.2) is 8.42 Å². The van der Waals surface area contributed by atoms with Gasteiger partial charge in [0.1, 0.15) is 6.54 Å². The number of carbonyl (C=O) groups excluding carboxylic acids is 1. The average molecular weight is 1000 g/mol. The molecule has 384 valence electrons. The van der Waals surface area contributed by atoms with E-state index in [0.29, 0.717) is 65.1 Å². The number of nitrogens with one attached hydrogen (secondary N) is 7. The normalized spacial score (nSPS) is 25.9. The van der Waals surface area contributed by atoms with Gasteiger partial charge in [0.15, 0.2) is 5.71 Å². The largest absolute Gasteiger partial charge is 0.748 e. The van der Waals surface area contributed by atoms with E-state index >= 15 is 0 Å². The molecular formula is C54H81ClN10O4S. The second-order valence-corrected chi connectivity index (χ2v) is 23.2. The summed E-state index contributed by atoms with van der Waals surface area (Å²) in [5.74, 6) is -0.267. The molecule has 2 aromatic carbocycles. The molecule has 9 N–H and O–H groups in total. The second-order valence-electron chi connectivity index (χ2n) is 21.3. The molecule has 1 amide bonds. The van der Waals surface area contributed by atoms with Crippen molar-refractivity contribution in [3.05, 3.63) is 106 Å². The number of anilines is 1. The molecule has 0 aromatic heterocycles. The Morgan fingerprint density at radius 3 is 2.00 bits per heavy atom. The van der Waals surface area contributed by atoms with Crippen molar-refractivity contribution >= 4 is 44.7 Å². The van der Waals surface area contributed by atoms with Crippen molar-refractivity contribution in [3.63, 3.8) is 0 Å². The van der Waals surface area contributed by atoms with E-state index in [9.17, 15) is 17.8 Å². The summed E-state index contributed by atoms with van der Waals surface area (Å²) in [6.45, 7) is 19.3. The van der Waals surface area contributed by atoms with Gasteiger partial charge >= 0.3 is 0 Å². The zero-order valence-electron chi connectivity index (χ0n) is 42.3. The first-order valence-electron chi connectivity index (χ1n) is 25.9. The van der Waals surface area contributed by atoms with Crippen LogP contribution in [0.3, 0.4) is 0 Å². The molecule has 0 saturated carbocycles. The maximum atomic E-state index is 13.8. The molecule has 3 saturated heterocycles. The van der Waals surface area contributed by atoms with Crippen molar-refractivity contribution in [3.8, 4) is 0 Å². The third-order valence-corrected chi connectivity index (χ3v) is 16.2. The van der Waals surface area contributed by atoms with E-state index in [1.165, 1.54) is 22.5 Å². The molecule has 16 heteroatoms. The lowest BCUT2D eigenvalue weighted by Gasteiger charge is -2.37. The Morgan fingerprint density at radius 2 is 1.36 bits per heavy atom. The number of hydrogen-bond acceptors (Lipinski definition) is 12. The first-order valence-corrected chi connectivity index (χ1v) is 27.9. The number of amides is 1. The van der Waals surface area contributed by atoms with Crippen LogP contribution in [-0.4, -0.2) is 138 Å². The molecular weight excluding hydrogens is 920 g/mol. The third-order valence-electron chi connectivity index (χ3n) is 14.9. The van der Waals surface area contributed by atoms with Gasteiger partial charge in [0.05, 0.1) is 26.6 Å². The van der Waals surface area contributed by atoms with Crippen molar-refractivity contribution in [2.24, 2.45) is 5.73 Å². The molecule has 14 nitrogen and oxygen atoms in total. The molecule has 3 fully saturated rings. The zero-order valence-corrected chi connectivity index (χ0v) is 43.9. The van der Waals surface area contributed by atoms with E-state index in [0.717, 1.165) is 112 Å². The Labute approximate surface area is 423 Å². The van der Waals surface area contributed by atoms with Crippen LogP contribution in [0.15, 0.2) is 94.7 Å². The fraction of sp³-hybridized carbons (Fsp3) is 0.593. The topological polar surface area (TPSA) is 191 Å². The minimum atomic E-state index is -4.26. The molecule has 70 heavy (non-hydrogen) atoms. The van der Waals surface area contributed by atoms with Gasteiger partial charge in [0.2, 0.25) is 11.6 Å². The maximum absolute atomic E-state index is 13.8. The second kappa shape index (κ2) is 24.3. The number of carbonyl (C=O) groups is 1. The van der Waals surface area contributed by atoms with Crippen LogP contribution < -0.4 is 47.9 Å². The van der Waals surface area contributed by atoms with Gasteiger partial charge in [-0.3, -0.25) is 4.79 Å². The van der Waals surface area contributed by atoms with Gasteiger partial charge in [-0.1, -0.05) is 74.0 Å². The number of para-hydroxylation sites is 2. The number of fused-ring (bicyclic) bond motifs is 17. The molecule has 2 bridgehead atoms. The lowest BCUT2D eigenvalue weighted by molar-refractivity contribution is -0.438. The van der Waals surface area contributed by atoms with Crippen LogP contribution >= 0.6 is 11.6 Å². The Morgan fingerprint density at radius 1 is 0.757 bits per heavy atom. The SMILES string of the molecule is CC1(C)C(/C=C/C2=C(Cl)C(=C/C=C3/N(CCCCS(=O)(=O)[O-])c4ccccc4C3(C)C)/CCC2)=[N+](CCCCCC(=O)NC23CNCCNCC(N)(CNCCNC2)CNCCNC3)c2ccccc21. The van der Waals surface area contributed by atoms with Crippen LogP contribution in [0.5, 0.6) is 0 Å². The molecule has 0 unspecified atom stereocenters. The van der Waals surface area contributed by atoms with E-state index in [1.807, 2.05) is 6.07 Å². The fourth-order valence-corrected chi connectivity index (χ4v) is 11.9. The Balaban J connectivity index is 1.02. The van der Waals surface area contributed by atoms with E-state index < -0.39 is 15.7 Å². The summed E-state index contributed by atoms with van der Waals surface area (Å²) in [4.78, 5) is 16.1. The number of benzene rings is 2. The Bertz CT molecular complexity index is 2370. The highest BCUT2D eigenvalue weighted by molar-refractivity contribution is 7.85. The zero-order chi connectivity index (χ0) is 49.8. The number of rotatable bonds is 15. The van der Waals surface area contributed by atoms with Gasteiger partial charge < -0.3 is 52.4 Å². The molecule has 0 radical (unpaired) electrons. The van der Waals surface area contributed by atoms with Crippen molar-refractivity contribution in [2.75, 3.05) is 102 Å². The number of unbranched alkanes of at least 4 members (excludes halogenated alkanes) is 3. The van der Waals surface area contributed by atoms with E-state index in [2.05, 4.69) is 141 Å². The number of nitrogens with two attached hydrogens (primary N) is 1. The van der Waals surface area contributed by atoms with Crippen LogP contribution in [-0.2, 0) is 25.7 Å². The van der Waals surface area contributed by atoms with Gasteiger partial charge in [0, 0.05) is 143 Å². The Kier molecular flexibility index (Phi) is 18.8. The highest BCUT2D eigenvalue weighted by Gasteiger charge is 2.44. The number of allylic oxidation sites excluding steroid dienone is 8. The van der Waals surface area contributed by atoms with Gasteiger partial charge in [0.25, 0.3) is 0 Å². The molecule has 2 aromatic rings. The van der Waals surface area contributed by atoms with Gasteiger partial charge in [-0.2, -0.15) is 4.58 Å². The van der Waals surface area contributed by atoms with Crippen LogP contribution in [0.25, 0.3) is 0 Å².